The van der Waals surface area contributed by atoms with Crippen molar-refractivity contribution < 1.29 is 13.2 Å². The van der Waals surface area contributed by atoms with Gasteiger partial charge in [0.15, 0.2) is 0 Å². The third kappa shape index (κ3) is 4.08. The summed E-state index contributed by atoms with van der Waals surface area (Å²) in [7, 11) is -3.56. The van der Waals surface area contributed by atoms with Gasteiger partial charge in [-0.1, -0.05) is 25.4 Å². The molecule has 0 spiro atoms. The monoisotopic (exact) mass is 373 g/mol. The van der Waals surface area contributed by atoms with Gasteiger partial charge in [0, 0.05) is 24.7 Å². The number of aromatic nitrogens is 1. The predicted octanol–water partition coefficient (Wildman–Crippen LogP) is 3.08. The molecule has 1 amide bonds. The maximum Gasteiger partial charge on any atom is 0.266 e. The van der Waals surface area contributed by atoms with Gasteiger partial charge in [0.2, 0.25) is 10.0 Å². The Morgan fingerprint density at radius 1 is 1.35 bits per heavy atom. The summed E-state index contributed by atoms with van der Waals surface area (Å²) in [4.78, 5) is 16.6. The maximum absolute atomic E-state index is 12.4. The van der Waals surface area contributed by atoms with E-state index >= 15 is 0 Å². The highest BCUT2D eigenvalue weighted by atomic mass is 35.5. The van der Waals surface area contributed by atoms with E-state index in [0.29, 0.717) is 28.8 Å². The van der Waals surface area contributed by atoms with Crippen LogP contribution in [-0.2, 0) is 10.0 Å². The van der Waals surface area contributed by atoms with Crippen LogP contribution in [0, 0.1) is 0 Å². The molecular formula is C14H16ClN3O3S2. The van der Waals surface area contributed by atoms with Crippen LogP contribution in [0.1, 0.15) is 23.5 Å². The van der Waals surface area contributed by atoms with Crippen LogP contribution >= 0.6 is 22.9 Å². The lowest BCUT2D eigenvalue weighted by atomic mass is 10.4. The molecule has 0 saturated heterocycles. The largest absolute Gasteiger partial charge is 0.306 e. The highest BCUT2D eigenvalue weighted by Gasteiger charge is 2.24. The maximum atomic E-state index is 12.4. The number of hydrogen-bond donors (Lipinski definition) is 1. The van der Waals surface area contributed by atoms with Crippen molar-refractivity contribution in [1.29, 1.82) is 0 Å². The summed E-state index contributed by atoms with van der Waals surface area (Å²) in [6, 6.07) is 4.56. The molecule has 0 aliphatic rings. The molecule has 2 aromatic heterocycles. The Kier molecular flexibility index (Phi) is 5.74. The van der Waals surface area contributed by atoms with Gasteiger partial charge >= 0.3 is 0 Å². The van der Waals surface area contributed by atoms with E-state index < -0.39 is 15.9 Å². The van der Waals surface area contributed by atoms with E-state index in [2.05, 4.69) is 10.3 Å². The van der Waals surface area contributed by atoms with E-state index in [9.17, 15) is 13.2 Å². The van der Waals surface area contributed by atoms with Crippen LogP contribution < -0.4 is 5.32 Å². The predicted molar refractivity (Wildman–Crippen MR) is 91.6 cm³/mol. The zero-order valence-electron chi connectivity index (χ0n) is 12.6. The van der Waals surface area contributed by atoms with Gasteiger partial charge in [0.05, 0.1) is 14.8 Å². The van der Waals surface area contributed by atoms with Gasteiger partial charge in [-0.05, 0) is 18.2 Å². The van der Waals surface area contributed by atoms with E-state index in [1.807, 2.05) is 0 Å². The van der Waals surface area contributed by atoms with Crippen LogP contribution in [-0.4, -0.2) is 36.7 Å². The van der Waals surface area contributed by atoms with Gasteiger partial charge in [-0.25, -0.2) is 13.4 Å². The number of rotatable bonds is 6. The first-order valence-corrected chi connectivity index (χ1v) is 9.59. The first-order valence-electron chi connectivity index (χ1n) is 6.90. The van der Waals surface area contributed by atoms with E-state index in [1.54, 1.807) is 26.0 Å². The lowest BCUT2D eigenvalue weighted by molar-refractivity contribution is 0.103. The van der Waals surface area contributed by atoms with Crippen LogP contribution in [0.3, 0.4) is 0 Å². The van der Waals surface area contributed by atoms with Crippen molar-refractivity contribution in [3.05, 3.63) is 39.7 Å². The van der Waals surface area contributed by atoms with Gasteiger partial charge in [0.25, 0.3) is 5.91 Å². The van der Waals surface area contributed by atoms with Crippen LogP contribution in [0.15, 0.2) is 34.7 Å². The molecule has 0 saturated carbocycles. The van der Waals surface area contributed by atoms with Crippen molar-refractivity contribution in [2.24, 2.45) is 0 Å². The second-order valence-corrected chi connectivity index (χ2v) is 7.84. The number of amides is 1. The molecule has 0 unspecified atom stereocenters. The number of carbonyl (C=O) groups is 1. The smallest absolute Gasteiger partial charge is 0.266 e. The molecule has 9 heteroatoms. The van der Waals surface area contributed by atoms with Gasteiger partial charge in [-0.15, -0.1) is 11.3 Å². The summed E-state index contributed by atoms with van der Waals surface area (Å²) in [6.07, 6.45) is 1.42. The van der Waals surface area contributed by atoms with Crippen molar-refractivity contribution in [3.63, 3.8) is 0 Å². The molecule has 0 atom stereocenters. The van der Waals surface area contributed by atoms with Gasteiger partial charge in [0.1, 0.15) is 5.82 Å². The number of hydrogen-bond acceptors (Lipinski definition) is 5. The third-order valence-corrected chi connectivity index (χ3v) is 6.44. The Morgan fingerprint density at radius 2 is 2.04 bits per heavy atom. The second-order valence-electron chi connectivity index (χ2n) is 4.55. The summed E-state index contributed by atoms with van der Waals surface area (Å²) in [5, 5.41) is 4.54. The molecule has 6 nitrogen and oxygen atoms in total. The van der Waals surface area contributed by atoms with Crippen molar-refractivity contribution in [1.82, 2.24) is 9.29 Å². The minimum absolute atomic E-state index is 0.125. The quantitative estimate of drug-likeness (QED) is 0.843. The Balaban J connectivity index is 2.18. The number of anilines is 1. The molecule has 0 aliphatic heterocycles. The number of nitrogens with one attached hydrogen (secondary N) is 1. The van der Waals surface area contributed by atoms with E-state index in [0.717, 1.165) is 11.3 Å². The van der Waals surface area contributed by atoms with E-state index in [4.69, 9.17) is 11.6 Å². The zero-order chi connectivity index (χ0) is 17.0. The average Bonchev–Trinajstić information content (AvgIpc) is 3.01. The molecule has 0 aromatic carbocycles. The number of sulfonamides is 1. The molecule has 124 valence electrons. The molecule has 0 bridgehead atoms. The van der Waals surface area contributed by atoms with Crippen LogP contribution in [0.5, 0.6) is 0 Å². The van der Waals surface area contributed by atoms with Gasteiger partial charge in [-0.2, -0.15) is 4.31 Å². The van der Waals surface area contributed by atoms with Crippen LogP contribution in [0.4, 0.5) is 5.82 Å². The number of carbonyl (C=O) groups excluding carboxylic acids is 1. The van der Waals surface area contributed by atoms with Crippen LogP contribution in [0.25, 0.3) is 0 Å². The first kappa shape index (κ1) is 17.9. The summed E-state index contributed by atoms with van der Waals surface area (Å²) in [5.41, 5.74) is 0. The highest BCUT2D eigenvalue weighted by Crippen LogP contribution is 2.23. The molecule has 0 fully saturated rings. The number of halogens is 1. The zero-order valence-corrected chi connectivity index (χ0v) is 15.0. The molecule has 2 heterocycles. The summed E-state index contributed by atoms with van der Waals surface area (Å²) < 4.78 is 26.1. The number of nitrogens with zero attached hydrogens (tertiary/aromatic N) is 2. The van der Waals surface area contributed by atoms with Crippen molar-refractivity contribution >= 4 is 44.7 Å². The number of pyridine rings is 1. The summed E-state index contributed by atoms with van der Waals surface area (Å²) >= 11 is 6.80. The van der Waals surface area contributed by atoms with Gasteiger partial charge in [-0.3, -0.25) is 4.79 Å². The van der Waals surface area contributed by atoms with Crippen molar-refractivity contribution in [3.8, 4) is 0 Å². The fourth-order valence-electron chi connectivity index (χ4n) is 1.91. The first-order chi connectivity index (χ1) is 10.9. The molecule has 2 aromatic rings. The minimum Gasteiger partial charge on any atom is -0.306 e. The molecule has 0 radical (unpaired) electrons. The average molecular weight is 374 g/mol. The fraction of sp³-hybridized carbons (Fsp3) is 0.286. The van der Waals surface area contributed by atoms with Gasteiger partial charge < -0.3 is 5.32 Å². The molecule has 2 rings (SSSR count). The highest BCUT2D eigenvalue weighted by molar-refractivity contribution is 7.89. The Labute approximate surface area is 144 Å². The van der Waals surface area contributed by atoms with Crippen LogP contribution in [0.2, 0.25) is 5.02 Å². The molecule has 0 aliphatic carbocycles. The van der Waals surface area contributed by atoms with E-state index in [-0.39, 0.29) is 4.90 Å². The summed E-state index contributed by atoms with van der Waals surface area (Å²) in [5.74, 6) is -0.0632. The summed E-state index contributed by atoms with van der Waals surface area (Å²) in [6.45, 7) is 4.30. The second kappa shape index (κ2) is 7.39. The molecular weight excluding hydrogens is 358 g/mol. The molecule has 23 heavy (non-hydrogen) atoms. The topological polar surface area (TPSA) is 79.4 Å². The Hall–Kier alpha value is -1.48. The molecule has 1 N–H and O–H groups in total. The number of thiophene rings is 1. The standard InChI is InChI=1S/C14H16ClN3O3S2/c1-3-18(4-2)23(20,21)11-7-12(22-9-11)14(19)17-13-6-5-10(15)8-16-13/h5-9H,3-4H2,1-2H3,(H,16,17,19). The third-order valence-electron chi connectivity index (χ3n) is 3.11. The SMILES string of the molecule is CCN(CC)S(=O)(=O)c1csc(C(=O)Nc2ccc(Cl)cn2)c1. The fourth-order valence-corrected chi connectivity index (χ4v) is 4.64. The minimum atomic E-state index is -3.56. The normalized spacial score (nSPS) is 11.7. The van der Waals surface area contributed by atoms with Crippen molar-refractivity contribution in [2.45, 2.75) is 18.7 Å². The van der Waals surface area contributed by atoms with Crippen molar-refractivity contribution in [2.75, 3.05) is 18.4 Å². The Bertz CT molecular complexity index is 784. The lowest BCUT2D eigenvalue weighted by Crippen LogP contribution is -2.30. The Morgan fingerprint density at radius 3 is 2.61 bits per heavy atom. The lowest BCUT2D eigenvalue weighted by Gasteiger charge is -2.17. The van der Waals surface area contributed by atoms with E-state index in [1.165, 1.54) is 21.9 Å².